The molecule has 140 valence electrons. The summed E-state index contributed by atoms with van der Waals surface area (Å²) in [6.45, 7) is 3.90. The van der Waals surface area contributed by atoms with Gasteiger partial charge in [-0.25, -0.2) is 4.63 Å². The van der Waals surface area contributed by atoms with Gasteiger partial charge in [0.25, 0.3) is 0 Å². The zero-order valence-corrected chi connectivity index (χ0v) is 15.4. The van der Waals surface area contributed by atoms with Crippen molar-refractivity contribution >= 4 is 45.4 Å². The van der Waals surface area contributed by atoms with Gasteiger partial charge < -0.3 is 10.2 Å². The van der Waals surface area contributed by atoms with Crippen LogP contribution < -0.4 is 10.2 Å². The lowest BCUT2D eigenvalue weighted by Crippen LogP contribution is -2.34. The standard InChI is InChI=1S/C18H18ClN5O3/c1-11-5-4-8-23(10-11)15-9-14(20-13-7-3-2-6-12(13)19)18(24(25)26)17-16(15)21-27-22-17/h2-3,6-7,9,11,20H,4-5,8,10H2,1H3/t11-/m0/s1. The van der Waals surface area contributed by atoms with Crippen LogP contribution in [0.4, 0.5) is 22.7 Å². The van der Waals surface area contributed by atoms with E-state index in [0.29, 0.717) is 27.8 Å². The third-order valence-corrected chi connectivity index (χ3v) is 5.14. The lowest BCUT2D eigenvalue weighted by molar-refractivity contribution is -0.382. The lowest BCUT2D eigenvalue weighted by Gasteiger charge is -2.32. The van der Waals surface area contributed by atoms with E-state index in [1.807, 2.05) is 6.07 Å². The summed E-state index contributed by atoms with van der Waals surface area (Å²) in [4.78, 5) is 13.5. The summed E-state index contributed by atoms with van der Waals surface area (Å²) in [6.07, 6.45) is 2.21. The highest BCUT2D eigenvalue weighted by atomic mass is 35.5. The van der Waals surface area contributed by atoms with Gasteiger partial charge >= 0.3 is 5.69 Å². The molecule has 8 nitrogen and oxygen atoms in total. The molecule has 1 fully saturated rings. The van der Waals surface area contributed by atoms with Crippen molar-refractivity contribution in [1.29, 1.82) is 0 Å². The van der Waals surface area contributed by atoms with Crippen LogP contribution in [0, 0.1) is 16.0 Å². The highest BCUT2D eigenvalue weighted by Gasteiger charge is 2.29. The smallest absolute Gasteiger partial charge is 0.324 e. The quantitative estimate of drug-likeness (QED) is 0.508. The number of nitro benzene ring substituents is 1. The Hall–Kier alpha value is -2.87. The molecule has 3 aromatic rings. The zero-order valence-electron chi connectivity index (χ0n) is 14.7. The number of anilines is 3. The Balaban J connectivity index is 1.87. The number of piperidine rings is 1. The molecular weight excluding hydrogens is 370 g/mol. The molecule has 2 aromatic carbocycles. The molecule has 4 rings (SSSR count). The summed E-state index contributed by atoms with van der Waals surface area (Å²) in [5, 5.41) is 23.1. The first kappa shape index (κ1) is 17.5. The van der Waals surface area contributed by atoms with Crippen molar-refractivity contribution in [3.63, 3.8) is 0 Å². The number of aromatic nitrogens is 2. The summed E-state index contributed by atoms with van der Waals surface area (Å²) in [5.74, 6) is 0.531. The number of nitrogens with one attached hydrogen (secondary N) is 1. The van der Waals surface area contributed by atoms with Gasteiger partial charge in [-0.2, -0.15) is 0 Å². The molecule has 0 saturated carbocycles. The van der Waals surface area contributed by atoms with Crippen molar-refractivity contribution in [3.8, 4) is 0 Å². The normalized spacial score (nSPS) is 17.3. The van der Waals surface area contributed by atoms with Crippen molar-refractivity contribution in [1.82, 2.24) is 10.3 Å². The fraction of sp³-hybridized carbons (Fsp3) is 0.333. The van der Waals surface area contributed by atoms with Gasteiger partial charge in [0.1, 0.15) is 5.69 Å². The minimum Gasteiger partial charge on any atom is -0.369 e. The van der Waals surface area contributed by atoms with Gasteiger partial charge in [-0.05, 0) is 47.3 Å². The largest absolute Gasteiger partial charge is 0.369 e. The molecule has 1 aliphatic rings. The Morgan fingerprint density at radius 1 is 1.30 bits per heavy atom. The van der Waals surface area contributed by atoms with E-state index in [1.54, 1.807) is 24.3 Å². The van der Waals surface area contributed by atoms with E-state index in [9.17, 15) is 10.1 Å². The molecule has 0 unspecified atom stereocenters. The first-order chi connectivity index (χ1) is 13.0. The topological polar surface area (TPSA) is 97.3 Å². The maximum Gasteiger partial charge on any atom is 0.324 e. The molecule has 0 aliphatic carbocycles. The second kappa shape index (κ2) is 7.03. The van der Waals surface area contributed by atoms with Gasteiger partial charge in [-0.1, -0.05) is 30.7 Å². The molecule has 1 aromatic heterocycles. The van der Waals surface area contributed by atoms with E-state index in [0.717, 1.165) is 31.6 Å². The van der Waals surface area contributed by atoms with E-state index >= 15 is 0 Å². The van der Waals surface area contributed by atoms with Gasteiger partial charge in [0.2, 0.25) is 5.52 Å². The predicted octanol–water partition coefficient (Wildman–Crippen LogP) is 4.76. The number of para-hydroxylation sites is 1. The summed E-state index contributed by atoms with van der Waals surface area (Å²) in [7, 11) is 0. The minimum absolute atomic E-state index is 0.130. The van der Waals surface area contributed by atoms with Crippen LogP contribution in [0.25, 0.3) is 11.0 Å². The van der Waals surface area contributed by atoms with Crippen LogP contribution in [-0.2, 0) is 0 Å². The minimum atomic E-state index is -0.478. The monoisotopic (exact) mass is 387 g/mol. The molecule has 0 spiro atoms. The average molecular weight is 388 g/mol. The van der Waals surface area contributed by atoms with Crippen LogP contribution in [0.3, 0.4) is 0 Å². The Bertz CT molecular complexity index is 1010. The molecule has 2 heterocycles. The van der Waals surface area contributed by atoms with Crippen molar-refractivity contribution in [2.24, 2.45) is 5.92 Å². The number of nitrogens with zero attached hydrogens (tertiary/aromatic N) is 4. The molecule has 0 bridgehead atoms. The van der Waals surface area contributed by atoms with Gasteiger partial charge in [-0.15, -0.1) is 0 Å². The maximum atomic E-state index is 11.8. The molecule has 0 radical (unpaired) electrons. The number of nitro groups is 1. The van der Waals surface area contributed by atoms with E-state index in [2.05, 4.69) is 27.5 Å². The number of hydrogen-bond acceptors (Lipinski definition) is 7. The number of hydrogen-bond donors (Lipinski definition) is 1. The van der Waals surface area contributed by atoms with Gasteiger partial charge in [0.15, 0.2) is 5.52 Å². The summed E-state index contributed by atoms with van der Waals surface area (Å²) < 4.78 is 4.86. The second-order valence-electron chi connectivity index (χ2n) is 6.81. The van der Waals surface area contributed by atoms with E-state index in [-0.39, 0.29) is 11.2 Å². The van der Waals surface area contributed by atoms with Crippen LogP contribution in [-0.4, -0.2) is 28.3 Å². The van der Waals surface area contributed by atoms with Crippen LogP contribution in [0.15, 0.2) is 35.0 Å². The Kier molecular flexibility index (Phi) is 4.57. The molecule has 1 N–H and O–H groups in total. The number of halogens is 1. The van der Waals surface area contributed by atoms with Gasteiger partial charge in [0.05, 0.1) is 21.3 Å². The Labute approximate surface area is 160 Å². The lowest BCUT2D eigenvalue weighted by atomic mass is 9.99. The highest BCUT2D eigenvalue weighted by Crippen LogP contribution is 2.41. The second-order valence-corrected chi connectivity index (χ2v) is 7.22. The Morgan fingerprint density at radius 3 is 2.81 bits per heavy atom. The van der Waals surface area contributed by atoms with Crippen LogP contribution in [0.1, 0.15) is 19.8 Å². The van der Waals surface area contributed by atoms with Crippen molar-refractivity contribution in [3.05, 3.63) is 45.5 Å². The van der Waals surface area contributed by atoms with E-state index in [4.69, 9.17) is 16.2 Å². The third kappa shape index (κ3) is 3.28. The number of rotatable bonds is 4. The molecule has 1 atom stereocenters. The van der Waals surface area contributed by atoms with Crippen molar-refractivity contribution in [2.45, 2.75) is 19.8 Å². The SMILES string of the molecule is C[C@H]1CCCN(c2cc(Nc3ccccc3Cl)c([N+](=O)[O-])c3nonc23)C1. The van der Waals surface area contributed by atoms with Gasteiger partial charge in [0, 0.05) is 13.1 Å². The summed E-state index contributed by atoms with van der Waals surface area (Å²) >= 11 is 6.22. The third-order valence-electron chi connectivity index (χ3n) is 4.82. The van der Waals surface area contributed by atoms with E-state index < -0.39 is 4.92 Å². The molecule has 1 aliphatic heterocycles. The van der Waals surface area contributed by atoms with Crippen LogP contribution >= 0.6 is 11.6 Å². The first-order valence-electron chi connectivity index (χ1n) is 8.74. The summed E-state index contributed by atoms with van der Waals surface area (Å²) in [6, 6.07) is 8.84. The molecule has 27 heavy (non-hydrogen) atoms. The van der Waals surface area contributed by atoms with Crippen molar-refractivity contribution in [2.75, 3.05) is 23.3 Å². The predicted molar refractivity (Wildman–Crippen MR) is 104 cm³/mol. The fourth-order valence-electron chi connectivity index (χ4n) is 3.55. The Morgan fingerprint density at radius 2 is 2.07 bits per heavy atom. The number of benzene rings is 2. The molecule has 9 heteroatoms. The molecule has 0 amide bonds. The van der Waals surface area contributed by atoms with Crippen LogP contribution in [0.2, 0.25) is 5.02 Å². The molecule has 1 saturated heterocycles. The highest BCUT2D eigenvalue weighted by molar-refractivity contribution is 6.33. The van der Waals surface area contributed by atoms with Gasteiger partial charge in [-0.3, -0.25) is 10.1 Å². The number of fused-ring (bicyclic) bond motifs is 1. The first-order valence-corrected chi connectivity index (χ1v) is 9.12. The van der Waals surface area contributed by atoms with Crippen LogP contribution in [0.5, 0.6) is 0 Å². The average Bonchev–Trinajstić information content (AvgIpc) is 3.12. The fourth-order valence-corrected chi connectivity index (χ4v) is 3.73. The maximum absolute atomic E-state index is 11.8. The summed E-state index contributed by atoms with van der Waals surface area (Å²) in [5.41, 5.74) is 2.02. The van der Waals surface area contributed by atoms with Crippen molar-refractivity contribution < 1.29 is 9.55 Å². The zero-order chi connectivity index (χ0) is 19.0. The van der Waals surface area contributed by atoms with E-state index in [1.165, 1.54) is 0 Å². The molecular formula is C18H18ClN5O3.